The number of aryl methyl sites for hydroxylation is 1. The number of anilines is 1. The van der Waals surface area contributed by atoms with Crippen LogP contribution in [0, 0.1) is 6.92 Å². The number of hydrogen-bond donors (Lipinski definition) is 1. The molecule has 0 aromatic carbocycles. The second kappa shape index (κ2) is 4.22. The molecule has 96 valence electrons. The van der Waals surface area contributed by atoms with Crippen molar-refractivity contribution in [2.45, 2.75) is 18.2 Å². The van der Waals surface area contributed by atoms with E-state index in [1.807, 2.05) is 0 Å². The van der Waals surface area contributed by atoms with Gasteiger partial charge in [0.15, 0.2) is 5.75 Å². The third-order valence-electron chi connectivity index (χ3n) is 1.69. The van der Waals surface area contributed by atoms with E-state index in [1.54, 1.807) is 0 Å². The molecule has 1 aromatic rings. The minimum Gasteiger partial charge on any atom is -0.402 e. The van der Waals surface area contributed by atoms with E-state index in [1.165, 1.54) is 6.92 Å². The Balaban J connectivity index is 3.41. The quantitative estimate of drug-likeness (QED) is 0.840. The van der Waals surface area contributed by atoms with Crippen LogP contribution in [0.4, 0.5) is 18.9 Å². The van der Waals surface area contributed by atoms with Crippen LogP contribution < -0.4 is 10.5 Å². The largest absolute Gasteiger partial charge is 0.573 e. The first-order valence-corrected chi connectivity index (χ1v) is 6.29. The van der Waals surface area contributed by atoms with Gasteiger partial charge in [0.25, 0.3) is 9.05 Å². The van der Waals surface area contributed by atoms with Crippen molar-refractivity contribution in [1.29, 1.82) is 0 Å². The number of aromatic nitrogens is 1. The van der Waals surface area contributed by atoms with Gasteiger partial charge in [-0.3, -0.25) is 4.98 Å². The van der Waals surface area contributed by atoms with E-state index in [-0.39, 0.29) is 5.69 Å². The topological polar surface area (TPSA) is 82.3 Å². The van der Waals surface area contributed by atoms with Crippen LogP contribution in [0.15, 0.2) is 11.1 Å². The van der Waals surface area contributed by atoms with Crippen molar-refractivity contribution in [3.05, 3.63) is 11.9 Å². The molecular weight excluding hydrogens is 285 g/mol. The van der Waals surface area contributed by atoms with Crippen LogP contribution >= 0.6 is 10.7 Å². The van der Waals surface area contributed by atoms with Gasteiger partial charge in [-0.05, 0) is 6.92 Å². The zero-order chi connectivity index (χ0) is 13.4. The first kappa shape index (κ1) is 13.8. The van der Waals surface area contributed by atoms with E-state index < -0.39 is 31.7 Å². The number of halogens is 4. The van der Waals surface area contributed by atoms with Gasteiger partial charge >= 0.3 is 6.36 Å². The van der Waals surface area contributed by atoms with Gasteiger partial charge in [0.2, 0.25) is 0 Å². The smallest absolute Gasteiger partial charge is 0.402 e. The third kappa shape index (κ3) is 3.37. The molecule has 17 heavy (non-hydrogen) atoms. The highest BCUT2D eigenvalue weighted by atomic mass is 35.7. The number of ether oxygens (including phenoxy) is 1. The summed E-state index contributed by atoms with van der Waals surface area (Å²) >= 11 is 0. The summed E-state index contributed by atoms with van der Waals surface area (Å²) in [5.41, 5.74) is 4.31. The summed E-state index contributed by atoms with van der Waals surface area (Å²) in [6, 6.07) is 0. The van der Waals surface area contributed by atoms with Gasteiger partial charge in [-0.2, -0.15) is 0 Å². The molecule has 2 N–H and O–H groups in total. The normalized spacial score (nSPS) is 12.5. The Morgan fingerprint density at radius 1 is 1.47 bits per heavy atom. The summed E-state index contributed by atoms with van der Waals surface area (Å²) in [6.45, 7) is 1.18. The molecule has 0 aliphatic rings. The van der Waals surface area contributed by atoms with E-state index in [0.29, 0.717) is 0 Å². The molecule has 0 atom stereocenters. The lowest BCUT2D eigenvalue weighted by molar-refractivity contribution is -0.274. The Kier molecular flexibility index (Phi) is 3.44. The first-order chi connectivity index (χ1) is 7.52. The van der Waals surface area contributed by atoms with Crippen LogP contribution in [-0.4, -0.2) is 19.8 Å². The van der Waals surface area contributed by atoms with Gasteiger partial charge in [0.1, 0.15) is 4.90 Å². The van der Waals surface area contributed by atoms with Gasteiger partial charge < -0.3 is 10.5 Å². The highest BCUT2D eigenvalue weighted by Gasteiger charge is 2.34. The van der Waals surface area contributed by atoms with Crippen molar-refractivity contribution < 1.29 is 26.3 Å². The maximum absolute atomic E-state index is 12.0. The third-order valence-corrected chi connectivity index (χ3v) is 3.04. The fourth-order valence-corrected chi connectivity index (χ4v) is 1.93. The van der Waals surface area contributed by atoms with Crippen molar-refractivity contribution in [3.63, 3.8) is 0 Å². The monoisotopic (exact) mass is 290 g/mol. The lowest BCUT2D eigenvalue weighted by Crippen LogP contribution is -2.19. The number of nitrogens with two attached hydrogens (primary N) is 1. The highest BCUT2D eigenvalue weighted by molar-refractivity contribution is 8.13. The summed E-state index contributed by atoms with van der Waals surface area (Å²) in [6.07, 6.45) is -4.24. The lowest BCUT2D eigenvalue weighted by atomic mass is 10.3. The van der Waals surface area contributed by atoms with E-state index in [0.717, 1.165) is 6.20 Å². The zero-order valence-electron chi connectivity index (χ0n) is 8.25. The van der Waals surface area contributed by atoms with E-state index in [4.69, 9.17) is 16.4 Å². The molecule has 0 fully saturated rings. The second-order valence-corrected chi connectivity index (χ2v) is 5.47. The Hall–Kier alpha value is -1.22. The van der Waals surface area contributed by atoms with Gasteiger partial charge in [-0.25, -0.2) is 8.42 Å². The molecular formula is C7H6ClF3N2O3S. The molecule has 0 bridgehead atoms. The number of rotatable bonds is 2. The minimum absolute atomic E-state index is 0.205. The number of nitrogens with zero attached hydrogens (tertiary/aromatic N) is 1. The van der Waals surface area contributed by atoms with Crippen molar-refractivity contribution in [2.24, 2.45) is 0 Å². The molecule has 0 unspecified atom stereocenters. The molecule has 0 saturated heterocycles. The number of alkyl halides is 3. The summed E-state index contributed by atoms with van der Waals surface area (Å²) in [5.74, 6) is -0.876. The summed E-state index contributed by atoms with van der Waals surface area (Å²) < 4.78 is 61.7. The van der Waals surface area contributed by atoms with Gasteiger partial charge in [0.05, 0.1) is 11.4 Å². The molecule has 0 spiro atoms. The van der Waals surface area contributed by atoms with Crippen molar-refractivity contribution in [1.82, 2.24) is 4.98 Å². The van der Waals surface area contributed by atoms with Crippen LogP contribution in [0.3, 0.4) is 0 Å². The van der Waals surface area contributed by atoms with Gasteiger partial charge in [0, 0.05) is 16.9 Å². The SMILES string of the molecule is Cc1ncc(S(=O)(=O)Cl)c(N)c1OC(F)(F)F. The maximum Gasteiger partial charge on any atom is 0.573 e. The van der Waals surface area contributed by atoms with E-state index >= 15 is 0 Å². The molecule has 5 nitrogen and oxygen atoms in total. The molecule has 0 saturated carbocycles. The van der Waals surface area contributed by atoms with Crippen LogP contribution in [0.5, 0.6) is 5.75 Å². The standard InChI is InChI=1S/C7H6ClF3N2O3S/c1-3-6(16-7(9,10)11)5(12)4(2-13-3)17(8,14)15/h2H,1H3,(H2,12,13). The molecule has 0 amide bonds. The number of nitrogen functional groups attached to an aromatic ring is 1. The Morgan fingerprint density at radius 3 is 2.41 bits per heavy atom. The average Bonchev–Trinajstić information content (AvgIpc) is 2.08. The molecule has 1 rings (SSSR count). The van der Waals surface area contributed by atoms with Gasteiger partial charge in [-0.1, -0.05) is 0 Å². The second-order valence-electron chi connectivity index (χ2n) is 2.94. The van der Waals surface area contributed by atoms with Crippen LogP contribution in [-0.2, 0) is 9.05 Å². The van der Waals surface area contributed by atoms with Crippen LogP contribution in [0.25, 0.3) is 0 Å². The van der Waals surface area contributed by atoms with Crippen molar-refractivity contribution in [2.75, 3.05) is 5.73 Å². The van der Waals surface area contributed by atoms with E-state index in [2.05, 4.69) is 9.72 Å². The van der Waals surface area contributed by atoms with Crippen LogP contribution in [0.1, 0.15) is 5.69 Å². The molecule has 0 radical (unpaired) electrons. The maximum atomic E-state index is 12.0. The first-order valence-electron chi connectivity index (χ1n) is 3.98. The van der Waals surface area contributed by atoms with Gasteiger partial charge in [-0.15, -0.1) is 13.2 Å². The molecule has 1 heterocycles. The zero-order valence-corrected chi connectivity index (χ0v) is 9.82. The molecule has 0 aliphatic carbocycles. The molecule has 1 aromatic heterocycles. The highest BCUT2D eigenvalue weighted by Crippen LogP contribution is 2.35. The molecule has 0 aliphatic heterocycles. The summed E-state index contributed by atoms with van der Waals surface area (Å²) in [5, 5.41) is 0. The van der Waals surface area contributed by atoms with Crippen LogP contribution in [0.2, 0.25) is 0 Å². The number of pyridine rings is 1. The van der Waals surface area contributed by atoms with Crippen molar-refractivity contribution >= 4 is 25.4 Å². The van der Waals surface area contributed by atoms with E-state index in [9.17, 15) is 21.6 Å². The Labute approximate surface area is 98.8 Å². The average molecular weight is 291 g/mol. The summed E-state index contributed by atoms with van der Waals surface area (Å²) in [4.78, 5) is 2.69. The fourth-order valence-electron chi connectivity index (χ4n) is 1.03. The Morgan fingerprint density at radius 2 is 2.00 bits per heavy atom. The predicted molar refractivity (Wildman–Crippen MR) is 53.1 cm³/mol. The minimum atomic E-state index is -5.00. The lowest BCUT2D eigenvalue weighted by Gasteiger charge is -2.14. The predicted octanol–water partition coefficient (Wildman–Crippen LogP) is 1.80. The van der Waals surface area contributed by atoms with Crippen molar-refractivity contribution in [3.8, 4) is 5.75 Å². The molecule has 10 heteroatoms. The Bertz CT molecular complexity index is 544. The number of hydrogen-bond acceptors (Lipinski definition) is 5. The fraction of sp³-hybridized carbons (Fsp3) is 0.286. The summed E-state index contributed by atoms with van der Waals surface area (Å²) in [7, 11) is 0.684.